The van der Waals surface area contributed by atoms with E-state index in [2.05, 4.69) is 55.6 Å². The van der Waals surface area contributed by atoms with Gasteiger partial charge < -0.3 is 20.3 Å². The van der Waals surface area contributed by atoms with E-state index in [1.54, 1.807) is 6.08 Å². The van der Waals surface area contributed by atoms with Gasteiger partial charge in [-0.3, -0.25) is 9.59 Å². The van der Waals surface area contributed by atoms with Gasteiger partial charge in [-0.2, -0.15) is 0 Å². The lowest BCUT2D eigenvalue weighted by Gasteiger charge is -2.20. The fraction of sp³-hybridized carbons (Fsp3) is 0.855. The summed E-state index contributed by atoms with van der Waals surface area (Å²) < 4.78 is 5.49. The molecule has 1 amide bonds. The van der Waals surface area contributed by atoms with Gasteiger partial charge in [-0.25, -0.2) is 0 Å². The highest BCUT2D eigenvalue weighted by atomic mass is 16.5. The lowest BCUT2D eigenvalue weighted by molar-refractivity contribution is -0.143. The largest absolute Gasteiger partial charge is 0.466 e. The molecule has 0 spiro atoms. The van der Waals surface area contributed by atoms with E-state index in [-0.39, 0.29) is 18.5 Å². The molecule has 2 unspecified atom stereocenters. The number of aliphatic hydroxyl groups excluding tert-OH is 2. The van der Waals surface area contributed by atoms with Crippen LogP contribution in [0.4, 0.5) is 0 Å². The Kier molecular flexibility index (Phi) is 62.5. The highest BCUT2D eigenvalue weighted by Gasteiger charge is 2.18. The lowest BCUT2D eigenvalue weighted by atomic mass is 10.0. The van der Waals surface area contributed by atoms with Crippen LogP contribution in [0.15, 0.2) is 48.6 Å². The Morgan fingerprint density at radius 1 is 0.373 bits per heavy atom. The summed E-state index contributed by atoms with van der Waals surface area (Å²) in [6.07, 6.45) is 83.1. The number of allylic oxidation sites excluding steroid dienone is 7. The van der Waals surface area contributed by atoms with Crippen LogP contribution in [0, 0.1) is 0 Å². The van der Waals surface area contributed by atoms with Gasteiger partial charge in [0, 0.05) is 12.8 Å². The summed E-state index contributed by atoms with van der Waals surface area (Å²) in [6, 6.07) is -0.634. The Hall–Kier alpha value is -2.18. The second-order valence-corrected chi connectivity index (χ2v) is 22.8. The summed E-state index contributed by atoms with van der Waals surface area (Å²) in [5, 5.41) is 23.2. The van der Waals surface area contributed by atoms with E-state index >= 15 is 0 Å². The Labute approximate surface area is 467 Å². The van der Waals surface area contributed by atoms with Crippen LogP contribution in [0.5, 0.6) is 0 Å². The first-order valence-electron chi connectivity index (χ1n) is 33.4. The lowest BCUT2D eigenvalue weighted by Crippen LogP contribution is -2.45. The van der Waals surface area contributed by atoms with Crippen LogP contribution in [-0.4, -0.2) is 47.4 Å². The van der Waals surface area contributed by atoms with Crippen molar-refractivity contribution in [1.29, 1.82) is 0 Å². The second kappa shape index (κ2) is 64.3. The van der Waals surface area contributed by atoms with Crippen molar-refractivity contribution in [3.05, 3.63) is 48.6 Å². The van der Waals surface area contributed by atoms with E-state index in [0.29, 0.717) is 19.4 Å². The minimum absolute atomic E-state index is 0.00323. The van der Waals surface area contributed by atoms with Crippen molar-refractivity contribution >= 4 is 11.9 Å². The molecule has 0 aliphatic heterocycles. The minimum Gasteiger partial charge on any atom is -0.466 e. The van der Waals surface area contributed by atoms with Crippen LogP contribution in [0.25, 0.3) is 0 Å². The maximum absolute atomic E-state index is 12.5. The van der Waals surface area contributed by atoms with E-state index in [1.165, 1.54) is 270 Å². The predicted molar refractivity (Wildman–Crippen MR) is 329 cm³/mol. The Balaban J connectivity index is 3.44. The van der Waals surface area contributed by atoms with Crippen molar-refractivity contribution in [1.82, 2.24) is 5.32 Å². The molecule has 0 aromatic rings. The first kappa shape index (κ1) is 72.8. The molecular formula is C69H129NO5. The summed E-state index contributed by atoms with van der Waals surface area (Å²) in [4.78, 5) is 24.6. The summed E-state index contributed by atoms with van der Waals surface area (Å²) in [5.74, 6) is -0.0692. The van der Waals surface area contributed by atoms with Crippen molar-refractivity contribution in [2.75, 3.05) is 13.2 Å². The molecule has 0 rings (SSSR count). The van der Waals surface area contributed by atoms with E-state index in [4.69, 9.17) is 4.74 Å². The molecule has 0 aromatic heterocycles. The molecule has 0 fully saturated rings. The normalized spacial score (nSPS) is 12.9. The van der Waals surface area contributed by atoms with Gasteiger partial charge in [0.2, 0.25) is 5.91 Å². The standard InChI is InChI=1S/C69H129NO5/c1-3-5-7-9-11-13-15-17-19-21-30-33-37-41-45-49-53-57-61-67(72)66(65-71)70-68(73)62-58-54-50-46-42-38-34-31-27-25-23-22-24-26-28-32-36-40-44-48-52-56-60-64-75-69(74)63-59-55-51-47-43-39-35-29-20-18-16-14-12-10-8-6-4-2/h12,14,18,20,25,27,57,61,66-67,71-72H,3-11,13,15-17,19,21-24,26,28-56,58-60,62-65H2,1-2H3,(H,70,73)/b14-12-,20-18-,27-25-,61-57+. The van der Waals surface area contributed by atoms with Gasteiger partial charge in [0.15, 0.2) is 0 Å². The SMILES string of the molecule is CCCCC/C=C\C/C=C\CCCCCCCCCC(=O)OCCCCCCCCCCCCCC/C=C\CCCCCCCCCC(=O)NC(CO)C(O)/C=C/CCCCCCCCCCCCCCCCCC. The monoisotopic (exact) mass is 1050 g/mol. The highest BCUT2D eigenvalue weighted by molar-refractivity contribution is 5.76. The summed E-state index contributed by atoms with van der Waals surface area (Å²) >= 11 is 0. The number of esters is 1. The van der Waals surface area contributed by atoms with E-state index in [9.17, 15) is 19.8 Å². The molecule has 0 aliphatic rings. The molecule has 75 heavy (non-hydrogen) atoms. The maximum atomic E-state index is 12.5. The number of hydrogen-bond acceptors (Lipinski definition) is 5. The summed E-state index contributed by atoms with van der Waals surface area (Å²) in [6.45, 7) is 4.89. The van der Waals surface area contributed by atoms with Crippen LogP contribution in [0.2, 0.25) is 0 Å². The number of ether oxygens (including phenoxy) is 1. The third-order valence-corrected chi connectivity index (χ3v) is 15.3. The number of hydrogen-bond donors (Lipinski definition) is 3. The molecule has 6 nitrogen and oxygen atoms in total. The van der Waals surface area contributed by atoms with Crippen LogP contribution in [0.1, 0.15) is 354 Å². The molecule has 3 N–H and O–H groups in total. The number of aliphatic hydroxyl groups is 2. The fourth-order valence-corrected chi connectivity index (χ4v) is 10.2. The summed E-state index contributed by atoms with van der Waals surface area (Å²) in [7, 11) is 0. The number of carbonyl (C=O) groups is 2. The topological polar surface area (TPSA) is 95.9 Å². The molecule has 0 bridgehead atoms. The molecule has 2 atom stereocenters. The summed E-state index contributed by atoms with van der Waals surface area (Å²) in [5.41, 5.74) is 0. The van der Waals surface area contributed by atoms with Crippen LogP contribution >= 0.6 is 0 Å². The van der Waals surface area contributed by atoms with Gasteiger partial charge in [0.05, 0.1) is 25.4 Å². The molecule has 0 heterocycles. The molecular weight excluding hydrogens is 923 g/mol. The number of unbranched alkanes of at least 4 members (excludes halogenated alkanes) is 45. The average Bonchev–Trinajstić information content (AvgIpc) is 3.41. The van der Waals surface area contributed by atoms with Gasteiger partial charge in [0.25, 0.3) is 0 Å². The Morgan fingerprint density at radius 3 is 1.05 bits per heavy atom. The third-order valence-electron chi connectivity index (χ3n) is 15.3. The maximum Gasteiger partial charge on any atom is 0.305 e. The Morgan fingerprint density at radius 2 is 0.667 bits per heavy atom. The quantitative estimate of drug-likeness (QED) is 0.0320. The van der Waals surface area contributed by atoms with E-state index in [1.807, 2.05) is 6.08 Å². The van der Waals surface area contributed by atoms with Crippen molar-refractivity contribution in [3.63, 3.8) is 0 Å². The van der Waals surface area contributed by atoms with Crippen LogP contribution < -0.4 is 5.32 Å². The molecule has 0 aromatic carbocycles. The number of rotatable bonds is 62. The predicted octanol–water partition coefficient (Wildman–Crippen LogP) is 21.3. The first-order valence-corrected chi connectivity index (χ1v) is 33.4. The first-order chi connectivity index (χ1) is 37.0. The molecule has 440 valence electrons. The molecule has 6 heteroatoms. The zero-order valence-corrected chi connectivity index (χ0v) is 50.3. The van der Waals surface area contributed by atoms with Gasteiger partial charge in [-0.15, -0.1) is 0 Å². The minimum atomic E-state index is -0.850. The van der Waals surface area contributed by atoms with Crippen LogP contribution in [0.3, 0.4) is 0 Å². The average molecular weight is 1050 g/mol. The van der Waals surface area contributed by atoms with Crippen molar-refractivity contribution in [2.45, 2.75) is 366 Å². The third kappa shape index (κ3) is 60.9. The molecule has 0 aliphatic carbocycles. The van der Waals surface area contributed by atoms with Crippen LogP contribution in [-0.2, 0) is 14.3 Å². The number of carbonyl (C=O) groups excluding carboxylic acids is 2. The zero-order valence-electron chi connectivity index (χ0n) is 50.3. The van der Waals surface area contributed by atoms with Crippen molar-refractivity contribution < 1.29 is 24.5 Å². The highest BCUT2D eigenvalue weighted by Crippen LogP contribution is 2.17. The van der Waals surface area contributed by atoms with Crippen molar-refractivity contribution in [3.8, 4) is 0 Å². The van der Waals surface area contributed by atoms with Gasteiger partial charge in [-0.1, -0.05) is 300 Å². The Bertz CT molecular complexity index is 1260. The smallest absolute Gasteiger partial charge is 0.305 e. The second-order valence-electron chi connectivity index (χ2n) is 22.8. The zero-order chi connectivity index (χ0) is 54.3. The van der Waals surface area contributed by atoms with Gasteiger partial charge >= 0.3 is 5.97 Å². The van der Waals surface area contributed by atoms with Crippen molar-refractivity contribution in [2.24, 2.45) is 0 Å². The molecule has 0 radical (unpaired) electrons. The molecule has 0 saturated heterocycles. The van der Waals surface area contributed by atoms with E-state index < -0.39 is 12.1 Å². The number of amides is 1. The number of nitrogens with one attached hydrogen (secondary N) is 1. The van der Waals surface area contributed by atoms with Gasteiger partial charge in [0.1, 0.15) is 0 Å². The molecule has 0 saturated carbocycles. The van der Waals surface area contributed by atoms with E-state index in [0.717, 1.165) is 57.8 Å². The van der Waals surface area contributed by atoms with Gasteiger partial charge in [-0.05, 0) is 89.9 Å². The fourth-order valence-electron chi connectivity index (χ4n) is 10.2.